The van der Waals surface area contributed by atoms with Crippen LogP contribution >= 0.6 is 15.9 Å². The van der Waals surface area contributed by atoms with Crippen LogP contribution in [0.25, 0.3) is 0 Å². The van der Waals surface area contributed by atoms with E-state index in [1.165, 1.54) is 0 Å². The van der Waals surface area contributed by atoms with Crippen molar-refractivity contribution in [1.82, 2.24) is 0 Å². The van der Waals surface area contributed by atoms with Crippen LogP contribution in [0.15, 0.2) is 22.7 Å². The van der Waals surface area contributed by atoms with Crippen molar-refractivity contribution in [1.29, 1.82) is 0 Å². The molecule has 0 aliphatic rings. The summed E-state index contributed by atoms with van der Waals surface area (Å²) in [6.07, 6.45) is 0. The van der Waals surface area contributed by atoms with Crippen LogP contribution in [0.1, 0.15) is 17.3 Å². The van der Waals surface area contributed by atoms with E-state index in [1.54, 1.807) is 25.1 Å². The van der Waals surface area contributed by atoms with E-state index < -0.39 is 0 Å². The molecule has 0 unspecified atom stereocenters. The van der Waals surface area contributed by atoms with Gasteiger partial charge < -0.3 is 0 Å². The van der Waals surface area contributed by atoms with Crippen molar-refractivity contribution < 1.29 is 4.79 Å². The highest BCUT2D eigenvalue weighted by Crippen LogP contribution is 2.10. The number of ketones is 1. The fourth-order valence-electron chi connectivity index (χ4n) is 0.656. The summed E-state index contributed by atoms with van der Waals surface area (Å²) in [4.78, 5) is 10.8. The van der Waals surface area contributed by atoms with Crippen LogP contribution in [0.2, 0.25) is 0 Å². The van der Waals surface area contributed by atoms with Gasteiger partial charge >= 0.3 is 0 Å². The third-order valence-electron chi connectivity index (χ3n) is 1.17. The number of hydrogen-bond acceptors (Lipinski definition) is 1. The average Bonchev–Trinajstić information content (AvgIpc) is 1.88. The first-order chi connectivity index (χ1) is 4.70. The molecule has 0 saturated carbocycles. The van der Waals surface area contributed by atoms with E-state index in [2.05, 4.69) is 22.0 Å². The molecule has 0 fully saturated rings. The first kappa shape index (κ1) is 7.48. The summed E-state index contributed by atoms with van der Waals surface area (Å²) >= 11 is 3.22. The van der Waals surface area contributed by atoms with Crippen molar-refractivity contribution in [3.8, 4) is 0 Å². The zero-order valence-corrected chi connectivity index (χ0v) is 7.10. The lowest BCUT2D eigenvalue weighted by Crippen LogP contribution is -1.89. The number of benzene rings is 1. The van der Waals surface area contributed by atoms with Gasteiger partial charge in [-0.05, 0) is 19.1 Å². The van der Waals surface area contributed by atoms with Crippen LogP contribution < -0.4 is 0 Å². The molecular formula is C8H6BrO. The van der Waals surface area contributed by atoms with Gasteiger partial charge in [-0.2, -0.15) is 0 Å². The predicted octanol–water partition coefficient (Wildman–Crippen LogP) is 2.45. The number of halogens is 1. The highest BCUT2D eigenvalue weighted by molar-refractivity contribution is 9.10. The standard InChI is InChI=1S/C8H6BrO/c1-6(10)7-3-2-4-8(9)5-7/h2-3,5H,1H3. The number of rotatable bonds is 1. The molecule has 0 N–H and O–H groups in total. The molecule has 0 aliphatic heterocycles. The Morgan fingerprint density at radius 3 is 2.80 bits per heavy atom. The van der Waals surface area contributed by atoms with Crippen LogP contribution in [-0.2, 0) is 0 Å². The SMILES string of the molecule is CC(=O)c1cc[c]c(Br)c1. The Morgan fingerprint density at radius 1 is 1.70 bits per heavy atom. The molecule has 0 spiro atoms. The summed E-state index contributed by atoms with van der Waals surface area (Å²) in [5.74, 6) is 0.0784. The van der Waals surface area contributed by atoms with E-state index in [1.807, 2.05) is 0 Å². The second kappa shape index (κ2) is 2.97. The van der Waals surface area contributed by atoms with Gasteiger partial charge in [0.2, 0.25) is 0 Å². The lowest BCUT2D eigenvalue weighted by atomic mass is 10.2. The van der Waals surface area contributed by atoms with Crippen LogP contribution in [0.3, 0.4) is 0 Å². The first-order valence-corrected chi connectivity index (χ1v) is 3.67. The first-order valence-electron chi connectivity index (χ1n) is 2.88. The van der Waals surface area contributed by atoms with E-state index in [0.29, 0.717) is 5.56 Å². The van der Waals surface area contributed by atoms with Gasteiger partial charge in [0.25, 0.3) is 0 Å². The smallest absolute Gasteiger partial charge is 0.159 e. The van der Waals surface area contributed by atoms with E-state index >= 15 is 0 Å². The van der Waals surface area contributed by atoms with Crippen molar-refractivity contribution in [2.24, 2.45) is 0 Å². The molecule has 0 aliphatic carbocycles. The monoisotopic (exact) mass is 197 g/mol. The van der Waals surface area contributed by atoms with E-state index in [0.717, 1.165) is 4.47 Å². The molecule has 0 saturated heterocycles. The van der Waals surface area contributed by atoms with Gasteiger partial charge in [0.1, 0.15) is 0 Å². The van der Waals surface area contributed by atoms with Crippen LogP contribution in [-0.4, -0.2) is 5.78 Å². The highest BCUT2D eigenvalue weighted by atomic mass is 79.9. The van der Waals surface area contributed by atoms with Gasteiger partial charge in [0.05, 0.1) is 0 Å². The summed E-state index contributed by atoms with van der Waals surface area (Å²) < 4.78 is 0.820. The number of carbonyl (C=O) groups is 1. The van der Waals surface area contributed by atoms with Crippen LogP contribution in [0, 0.1) is 6.07 Å². The zero-order valence-electron chi connectivity index (χ0n) is 5.52. The predicted molar refractivity (Wildman–Crippen MR) is 43.0 cm³/mol. The van der Waals surface area contributed by atoms with Crippen molar-refractivity contribution in [2.45, 2.75) is 6.92 Å². The summed E-state index contributed by atoms with van der Waals surface area (Å²) in [6.45, 7) is 1.54. The average molecular weight is 198 g/mol. The number of hydrogen-bond donors (Lipinski definition) is 0. The van der Waals surface area contributed by atoms with Crippen molar-refractivity contribution in [3.63, 3.8) is 0 Å². The molecule has 0 amide bonds. The largest absolute Gasteiger partial charge is 0.295 e. The molecule has 0 aromatic heterocycles. The molecule has 51 valence electrons. The molecule has 1 nitrogen and oxygen atoms in total. The molecular weight excluding hydrogens is 192 g/mol. The van der Waals surface area contributed by atoms with Gasteiger partial charge in [0.15, 0.2) is 5.78 Å². The molecule has 10 heavy (non-hydrogen) atoms. The molecule has 0 bridgehead atoms. The molecule has 1 aromatic rings. The van der Waals surface area contributed by atoms with Crippen LogP contribution in [0.5, 0.6) is 0 Å². The minimum atomic E-state index is 0.0784. The van der Waals surface area contributed by atoms with Gasteiger partial charge in [-0.3, -0.25) is 4.79 Å². The fourth-order valence-corrected chi connectivity index (χ4v) is 1.04. The van der Waals surface area contributed by atoms with Gasteiger partial charge in [-0.25, -0.2) is 0 Å². The topological polar surface area (TPSA) is 17.1 Å². The minimum absolute atomic E-state index is 0.0784. The maximum Gasteiger partial charge on any atom is 0.159 e. The molecule has 0 atom stereocenters. The van der Waals surface area contributed by atoms with E-state index in [9.17, 15) is 4.79 Å². The third-order valence-corrected chi connectivity index (χ3v) is 1.63. The zero-order chi connectivity index (χ0) is 7.56. The highest BCUT2D eigenvalue weighted by Gasteiger charge is 1.97. The Bertz CT molecular complexity index is 255. The van der Waals surface area contributed by atoms with Gasteiger partial charge in [0, 0.05) is 10.0 Å². The fraction of sp³-hybridized carbons (Fsp3) is 0.125. The van der Waals surface area contributed by atoms with E-state index in [-0.39, 0.29) is 5.78 Å². The van der Waals surface area contributed by atoms with Crippen molar-refractivity contribution in [2.75, 3.05) is 0 Å². The lowest BCUT2D eigenvalue weighted by molar-refractivity contribution is 0.101. The minimum Gasteiger partial charge on any atom is -0.295 e. The van der Waals surface area contributed by atoms with Crippen molar-refractivity contribution in [3.05, 3.63) is 34.3 Å². The van der Waals surface area contributed by atoms with Crippen LogP contribution in [0.4, 0.5) is 0 Å². The quantitative estimate of drug-likeness (QED) is 0.633. The third kappa shape index (κ3) is 1.67. The summed E-state index contributed by atoms with van der Waals surface area (Å²) in [5, 5.41) is 0. The Balaban J connectivity index is 3.07. The second-order valence-corrected chi connectivity index (χ2v) is 2.84. The van der Waals surface area contributed by atoms with Crippen molar-refractivity contribution >= 4 is 21.7 Å². The lowest BCUT2D eigenvalue weighted by Gasteiger charge is -1.93. The normalized spacial score (nSPS) is 9.40. The molecule has 2 heteroatoms. The Kier molecular flexibility index (Phi) is 2.22. The Labute approximate surface area is 68.2 Å². The molecule has 1 radical (unpaired) electrons. The Morgan fingerprint density at radius 2 is 2.40 bits per heavy atom. The Hall–Kier alpha value is -0.630. The second-order valence-electron chi connectivity index (χ2n) is 1.98. The number of carbonyl (C=O) groups excluding carboxylic acids is 1. The van der Waals surface area contributed by atoms with Gasteiger partial charge in [-0.15, -0.1) is 0 Å². The van der Waals surface area contributed by atoms with Gasteiger partial charge in [-0.1, -0.05) is 28.1 Å². The molecule has 1 aromatic carbocycles. The summed E-state index contributed by atoms with van der Waals surface area (Å²) in [7, 11) is 0. The maximum absolute atomic E-state index is 10.8. The molecule has 1 rings (SSSR count). The summed E-state index contributed by atoms with van der Waals surface area (Å²) in [6, 6.07) is 8.11. The van der Waals surface area contributed by atoms with E-state index in [4.69, 9.17) is 0 Å². The molecule has 0 heterocycles. The number of Topliss-reactive ketones (excluding diaryl/α,β-unsaturated/α-hetero) is 1. The maximum atomic E-state index is 10.8. The summed E-state index contributed by atoms with van der Waals surface area (Å²) in [5.41, 5.74) is 0.714.